The van der Waals surface area contributed by atoms with Crippen molar-refractivity contribution in [2.45, 2.75) is 37.6 Å². The SMILES string of the molecule is O=C(O)c1cc(C2CC2)nc2onc(NC3CC3)c12. The van der Waals surface area contributed by atoms with E-state index in [0.717, 1.165) is 31.4 Å². The monoisotopic (exact) mass is 259 g/mol. The molecule has 2 heterocycles. The minimum atomic E-state index is -0.962. The first-order valence-electron chi connectivity index (χ1n) is 6.52. The Morgan fingerprint density at radius 1 is 1.37 bits per heavy atom. The van der Waals surface area contributed by atoms with Crippen molar-refractivity contribution in [1.29, 1.82) is 0 Å². The van der Waals surface area contributed by atoms with Gasteiger partial charge in [0.05, 0.1) is 5.56 Å². The van der Waals surface area contributed by atoms with Crippen LogP contribution in [0.15, 0.2) is 10.6 Å². The van der Waals surface area contributed by atoms with Crippen LogP contribution in [0.3, 0.4) is 0 Å². The first kappa shape index (κ1) is 10.8. The van der Waals surface area contributed by atoms with Crippen molar-refractivity contribution in [2.75, 3.05) is 5.32 Å². The molecule has 6 nitrogen and oxygen atoms in total. The summed E-state index contributed by atoms with van der Waals surface area (Å²) in [5.74, 6) is -0.0754. The molecule has 2 aliphatic rings. The molecule has 0 bridgehead atoms. The van der Waals surface area contributed by atoms with E-state index >= 15 is 0 Å². The Hall–Kier alpha value is -2.11. The number of carbonyl (C=O) groups is 1. The number of pyridine rings is 1. The zero-order valence-corrected chi connectivity index (χ0v) is 10.2. The van der Waals surface area contributed by atoms with E-state index in [1.54, 1.807) is 6.07 Å². The Morgan fingerprint density at radius 2 is 2.16 bits per heavy atom. The summed E-state index contributed by atoms with van der Waals surface area (Å²) in [6.45, 7) is 0. The highest BCUT2D eigenvalue weighted by Gasteiger charge is 2.30. The fraction of sp³-hybridized carbons (Fsp3) is 0.462. The number of nitrogens with one attached hydrogen (secondary N) is 1. The summed E-state index contributed by atoms with van der Waals surface area (Å²) in [4.78, 5) is 15.8. The maximum Gasteiger partial charge on any atom is 0.336 e. The minimum absolute atomic E-state index is 0.233. The smallest absolute Gasteiger partial charge is 0.336 e. The molecule has 0 unspecified atom stereocenters. The van der Waals surface area contributed by atoms with Gasteiger partial charge in [0.15, 0.2) is 5.82 Å². The second-order valence-electron chi connectivity index (χ2n) is 5.30. The minimum Gasteiger partial charge on any atom is -0.478 e. The number of fused-ring (bicyclic) bond motifs is 1. The normalized spacial score (nSPS) is 18.7. The largest absolute Gasteiger partial charge is 0.478 e. The number of anilines is 1. The topological polar surface area (TPSA) is 88.2 Å². The number of aromatic nitrogens is 2. The van der Waals surface area contributed by atoms with Crippen LogP contribution >= 0.6 is 0 Å². The van der Waals surface area contributed by atoms with E-state index in [2.05, 4.69) is 15.5 Å². The molecule has 0 amide bonds. The van der Waals surface area contributed by atoms with E-state index in [-0.39, 0.29) is 5.56 Å². The number of nitrogens with zero attached hydrogens (tertiary/aromatic N) is 2. The molecule has 2 N–H and O–H groups in total. The van der Waals surface area contributed by atoms with Gasteiger partial charge in [-0.05, 0) is 31.7 Å². The molecular weight excluding hydrogens is 246 g/mol. The molecule has 0 atom stereocenters. The Labute approximate surface area is 108 Å². The molecule has 0 spiro atoms. The molecule has 2 saturated carbocycles. The average molecular weight is 259 g/mol. The van der Waals surface area contributed by atoms with E-state index < -0.39 is 5.97 Å². The maximum absolute atomic E-state index is 11.4. The van der Waals surface area contributed by atoms with Gasteiger partial charge in [0.2, 0.25) is 0 Å². The third kappa shape index (κ3) is 1.83. The third-order valence-corrected chi connectivity index (χ3v) is 3.61. The lowest BCUT2D eigenvalue weighted by Gasteiger charge is -2.03. The van der Waals surface area contributed by atoms with Crippen molar-refractivity contribution >= 4 is 22.9 Å². The van der Waals surface area contributed by atoms with Crippen molar-refractivity contribution in [2.24, 2.45) is 0 Å². The average Bonchev–Trinajstić information content (AvgIpc) is 3.28. The number of carboxylic acids is 1. The summed E-state index contributed by atoms with van der Waals surface area (Å²) < 4.78 is 5.20. The highest BCUT2D eigenvalue weighted by atomic mass is 16.5. The van der Waals surface area contributed by atoms with Gasteiger partial charge >= 0.3 is 5.97 Å². The Bertz CT molecular complexity index is 671. The predicted molar refractivity (Wildman–Crippen MR) is 67.4 cm³/mol. The molecule has 2 aliphatic carbocycles. The third-order valence-electron chi connectivity index (χ3n) is 3.61. The Kier molecular flexibility index (Phi) is 2.09. The van der Waals surface area contributed by atoms with Crippen LogP contribution in [0.1, 0.15) is 47.7 Å². The van der Waals surface area contributed by atoms with Crippen LogP contribution in [0.5, 0.6) is 0 Å². The van der Waals surface area contributed by atoms with Crippen molar-refractivity contribution in [3.05, 3.63) is 17.3 Å². The first-order valence-corrected chi connectivity index (χ1v) is 6.52. The van der Waals surface area contributed by atoms with Gasteiger partial charge in [-0.15, -0.1) is 0 Å². The summed E-state index contributed by atoms with van der Waals surface area (Å²) in [6, 6.07) is 2.05. The molecule has 0 aliphatic heterocycles. The summed E-state index contributed by atoms with van der Waals surface area (Å²) >= 11 is 0. The summed E-state index contributed by atoms with van der Waals surface area (Å²) in [7, 11) is 0. The van der Waals surface area contributed by atoms with E-state index in [9.17, 15) is 9.90 Å². The highest BCUT2D eigenvalue weighted by Crippen LogP contribution is 2.41. The Morgan fingerprint density at radius 3 is 2.79 bits per heavy atom. The van der Waals surface area contributed by atoms with Crippen molar-refractivity contribution < 1.29 is 14.4 Å². The second kappa shape index (κ2) is 3.69. The zero-order valence-electron chi connectivity index (χ0n) is 10.2. The number of hydrogen-bond acceptors (Lipinski definition) is 5. The van der Waals surface area contributed by atoms with E-state index in [4.69, 9.17) is 4.52 Å². The van der Waals surface area contributed by atoms with Crippen LogP contribution < -0.4 is 5.32 Å². The van der Waals surface area contributed by atoms with Gasteiger partial charge in [0.1, 0.15) is 5.39 Å². The molecule has 2 aromatic rings. The molecule has 4 rings (SSSR count). The van der Waals surface area contributed by atoms with Gasteiger partial charge in [0, 0.05) is 17.7 Å². The fourth-order valence-corrected chi connectivity index (χ4v) is 2.25. The first-order chi connectivity index (χ1) is 9.22. The van der Waals surface area contributed by atoms with Crippen molar-refractivity contribution in [1.82, 2.24) is 10.1 Å². The zero-order chi connectivity index (χ0) is 13.0. The van der Waals surface area contributed by atoms with Crippen LogP contribution in [-0.2, 0) is 0 Å². The van der Waals surface area contributed by atoms with Crippen LogP contribution in [-0.4, -0.2) is 27.3 Å². The number of aromatic carboxylic acids is 1. The second-order valence-corrected chi connectivity index (χ2v) is 5.30. The van der Waals surface area contributed by atoms with Crippen LogP contribution in [0.4, 0.5) is 5.82 Å². The van der Waals surface area contributed by atoms with Crippen molar-refractivity contribution in [3.8, 4) is 0 Å². The Balaban J connectivity index is 1.88. The summed E-state index contributed by atoms with van der Waals surface area (Å²) in [5, 5.41) is 17.0. The molecule has 0 saturated heterocycles. The van der Waals surface area contributed by atoms with E-state index in [0.29, 0.717) is 28.9 Å². The van der Waals surface area contributed by atoms with Gasteiger partial charge in [0.25, 0.3) is 5.71 Å². The van der Waals surface area contributed by atoms with Gasteiger partial charge in [-0.25, -0.2) is 9.78 Å². The van der Waals surface area contributed by atoms with Gasteiger partial charge in [-0.2, -0.15) is 0 Å². The van der Waals surface area contributed by atoms with E-state index in [1.165, 1.54) is 0 Å². The van der Waals surface area contributed by atoms with Crippen LogP contribution in [0.2, 0.25) is 0 Å². The van der Waals surface area contributed by atoms with Crippen LogP contribution in [0.25, 0.3) is 11.1 Å². The fourth-order valence-electron chi connectivity index (χ4n) is 2.25. The van der Waals surface area contributed by atoms with Crippen LogP contribution in [0, 0.1) is 0 Å². The molecule has 2 fully saturated rings. The maximum atomic E-state index is 11.4. The van der Waals surface area contributed by atoms with Gasteiger partial charge < -0.3 is 14.9 Å². The number of rotatable bonds is 4. The molecule has 19 heavy (non-hydrogen) atoms. The molecule has 6 heteroatoms. The van der Waals surface area contributed by atoms with Crippen molar-refractivity contribution in [3.63, 3.8) is 0 Å². The summed E-state index contributed by atoms with van der Waals surface area (Å²) in [6.07, 6.45) is 4.31. The lowest BCUT2D eigenvalue weighted by atomic mass is 10.1. The van der Waals surface area contributed by atoms with Gasteiger partial charge in [-0.1, -0.05) is 5.16 Å². The standard InChI is InChI=1S/C13H13N3O3/c17-13(18)8-5-9(6-1-2-6)15-12-10(8)11(16-19-12)14-7-3-4-7/h5-7H,1-4H2,(H,14,16)(H,17,18). The number of hydrogen-bond donors (Lipinski definition) is 2. The van der Waals surface area contributed by atoms with Gasteiger partial charge in [-0.3, -0.25) is 0 Å². The lowest BCUT2D eigenvalue weighted by molar-refractivity contribution is 0.0699. The molecule has 98 valence electrons. The summed E-state index contributed by atoms with van der Waals surface area (Å²) in [5.41, 5.74) is 1.36. The molecule has 2 aromatic heterocycles. The van der Waals surface area contributed by atoms with E-state index in [1.807, 2.05) is 0 Å². The predicted octanol–water partition coefficient (Wildman–Crippen LogP) is 2.37. The highest BCUT2D eigenvalue weighted by molar-refractivity contribution is 6.05. The molecule has 0 aromatic carbocycles. The lowest BCUT2D eigenvalue weighted by Crippen LogP contribution is -2.05. The number of carboxylic acid groups (broad SMARTS) is 1. The quantitative estimate of drug-likeness (QED) is 0.876. The molecular formula is C13H13N3O3. The molecule has 0 radical (unpaired) electrons.